The highest BCUT2D eigenvalue weighted by Crippen LogP contribution is 2.11. The number of rotatable bonds is 3. The van der Waals surface area contributed by atoms with Crippen LogP contribution in [0.3, 0.4) is 0 Å². The van der Waals surface area contributed by atoms with Gasteiger partial charge in [-0.2, -0.15) is 5.10 Å². The minimum absolute atomic E-state index is 0.126. The summed E-state index contributed by atoms with van der Waals surface area (Å²) in [5.74, 6) is -0.126. The third-order valence-corrected chi connectivity index (χ3v) is 3.13. The highest BCUT2D eigenvalue weighted by Gasteiger charge is 2.09. The molecule has 5 nitrogen and oxygen atoms in total. The number of nitrogens with zero attached hydrogens (tertiary/aromatic N) is 2. The summed E-state index contributed by atoms with van der Waals surface area (Å²) in [6.45, 7) is 2.45. The molecule has 0 saturated heterocycles. The van der Waals surface area contributed by atoms with Crippen LogP contribution in [0, 0.1) is 6.92 Å². The third kappa shape index (κ3) is 2.58. The van der Waals surface area contributed by atoms with Crippen LogP contribution >= 0.6 is 15.9 Å². The highest BCUT2D eigenvalue weighted by molar-refractivity contribution is 9.10. The van der Waals surface area contributed by atoms with Gasteiger partial charge < -0.3 is 10.3 Å². The Morgan fingerprint density at radius 2 is 2.41 bits per heavy atom. The van der Waals surface area contributed by atoms with Crippen LogP contribution in [0.5, 0.6) is 0 Å². The quantitative estimate of drug-likeness (QED) is 0.906. The van der Waals surface area contributed by atoms with Crippen molar-refractivity contribution in [1.82, 2.24) is 20.1 Å². The fourth-order valence-corrected chi connectivity index (χ4v) is 1.83. The van der Waals surface area contributed by atoms with Gasteiger partial charge in [0.05, 0.1) is 6.20 Å². The number of halogens is 1. The molecule has 2 heterocycles. The average Bonchev–Trinajstić information content (AvgIpc) is 2.86. The average molecular weight is 297 g/mol. The van der Waals surface area contributed by atoms with Crippen LogP contribution in [0.4, 0.5) is 0 Å². The Labute approximate surface area is 107 Å². The highest BCUT2D eigenvalue weighted by atomic mass is 79.9. The summed E-state index contributed by atoms with van der Waals surface area (Å²) in [5.41, 5.74) is 2.61. The van der Waals surface area contributed by atoms with Gasteiger partial charge in [0, 0.05) is 35.5 Å². The van der Waals surface area contributed by atoms with E-state index in [1.54, 1.807) is 23.1 Å². The molecule has 6 heteroatoms. The van der Waals surface area contributed by atoms with Gasteiger partial charge in [-0.3, -0.25) is 9.48 Å². The molecule has 0 fully saturated rings. The maximum Gasteiger partial charge on any atom is 0.268 e. The second kappa shape index (κ2) is 4.75. The Bertz CT molecular complexity index is 543. The first-order chi connectivity index (χ1) is 8.08. The third-order valence-electron chi connectivity index (χ3n) is 2.67. The van der Waals surface area contributed by atoms with E-state index in [2.05, 4.69) is 31.3 Å². The topological polar surface area (TPSA) is 62.7 Å². The van der Waals surface area contributed by atoms with Crippen LogP contribution in [0.25, 0.3) is 0 Å². The monoisotopic (exact) mass is 296 g/mol. The molecule has 0 aliphatic rings. The van der Waals surface area contributed by atoms with E-state index < -0.39 is 0 Å². The van der Waals surface area contributed by atoms with Gasteiger partial charge in [-0.25, -0.2) is 0 Å². The number of carbonyl (C=O) groups is 1. The molecule has 2 aromatic rings. The molecule has 0 aliphatic heterocycles. The maximum atomic E-state index is 11.8. The molecule has 1 amide bonds. The fourth-order valence-electron chi connectivity index (χ4n) is 1.49. The van der Waals surface area contributed by atoms with Gasteiger partial charge in [-0.05, 0) is 28.9 Å². The van der Waals surface area contributed by atoms with Crippen molar-refractivity contribution in [3.63, 3.8) is 0 Å². The summed E-state index contributed by atoms with van der Waals surface area (Å²) >= 11 is 3.29. The summed E-state index contributed by atoms with van der Waals surface area (Å²) in [6.07, 6.45) is 3.49. The Morgan fingerprint density at radius 1 is 1.65 bits per heavy atom. The van der Waals surface area contributed by atoms with Crippen LogP contribution in [0.15, 0.2) is 22.9 Å². The van der Waals surface area contributed by atoms with E-state index in [1.165, 1.54) is 0 Å². The minimum Gasteiger partial charge on any atom is -0.356 e. The number of aromatic amines is 1. The molecule has 2 rings (SSSR count). The van der Waals surface area contributed by atoms with E-state index in [9.17, 15) is 4.79 Å². The van der Waals surface area contributed by atoms with Gasteiger partial charge in [0.25, 0.3) is 5.91 Å². The van der Waals surface area contributed by atoms with Gasteiger partial charge in [0.1, 0.15) is 5.69 Å². The Morgan fingerprint density at radius 3 is 2.94 bits per heavy atom. The van der Waals surface area contributed by atoms with Crippen LogP contribution in [0.2, 0.25) is 0 Å². The molecule has 0 radical (unpaired) electrons. The minimum atomic E-state index is -0.126. The molecule has 2 N–H and O–H groups in total. The first kappa shape index (κ1) is 11.9. The number of hydrogen-bond acceptors (Lipinski definition) is 2. The summed E-state index contributed by atoms with van der Waals surface area (Å²) < 4.78 is 2.65. The van der Waals surface area contributed by atoms with E-state index in [-0.39, 0.29) is 5.91 Å². The van der Waals surface area contributed by atoms with E-state index in [1.807, 2.05) is 14.0 Å². The van der Waals surface area contributed by atoms with E-state index in [4.69, 9.17) is 0 Å². The van der Waals surface area contributed by atoms with Crippen molar-refractivity contribution in [2.24, 2.45) is 7.05 Å². The van der Waals surface area contributed by atoms with E-state index >= 15 is 0 Å². The molecule has 0 aliphatic carbocycles. The lowest BCUT2D eigenvalue weighted by molar-refractivity contribution is 0.0946. The van der Waals surface area contributed by atoms with Crippen molar-refractivity contribution < 1.29 is 4.79 Å². The molecule has 0 aromatic carbocycles. The smallest absolute Gasteiger partial charge is 0.268 e. The number of H-pyrrole nitrogens is 1. The largest absolute Gasteiger partial charge is 0.356 e. The molecular weight excluding hydrogens is 284 g/mol. The van der Waals surface area contributed by atoms with Gasteiger partial charge in [0.2, 0.25) is 0 Å². The second-order valence-electron chi connectivity index (χ2n) is 3.79. The lowest BCUT2D eigenvalue weighted by Gasteiger charge is -2.03. The standard InChI is InChI=1S/C11H13BrN4O/c1-7-8(5-15-16(7)2)4-14-11(17)10-3-9(12)6-13-10/h3,5-6,13H,4H2,1-2H3,(H,14,17). The zero-order valence-corrected chi connectivity index (χ0v) is 11.2. The number of aromatic nitrogens is 3. The number of aryl methyl sites for hydroxylation is 1. The van der Waals surface area contributed by atoms with Crippen LogP contribution in [0.1, 0.15) is 21.7 Å². The SMILES string of the molecule is Cc1c(CNC(=O)c2cc(Br)c[nH]2)cnn1C. The molecule has 0 unspecified atom stereocenters. The number of carbonyl (C=O) groups excluding carboxylic acids is 1. The number of hydrogen-bond donors (Lipinski definition) is 2. The second-order valence-corrected chi connectivity index (χ2v) is 4.71. The molecule has 17 heavy (non-hydrogen) atoms. The predicted octanol–water partition coefficient (Wildman–Crippen LogP) is 1.75. The maximum absolute atomic E-state index is 11.8. The molecule has 90 valence electrons. The van der Waals surface area contributed by atoms with Crippen molar-refractivity contribution in [3.8, 4) is 0 Å². The summed E-state index contributed by atoms with van der Waals surface area (Å²) in [7, 11) is 1.88. The molecule has 2 aromatic heterocycles. The predicted molar refractivity (Wildman–Crippen MR) is 67.6 cm³/mol. The summed E-state index contributed by atoms with van der Waals surface area (Å²) in [4.78, 5) is 14.6. The molecule has 0 atom stereocenters. The van der Waals surface area contributed by atoms with Crippen molar-refractivity contribution in [2.75, 3.05) is 0 Å². The Balaban J connectivity index is 1.99. The van der Waals surface area contributed by atoms with Crippen molar-refractivity contribution in [1.29, 1.82) is 0 Å². The fraction of sp³-hybridized carbons (Fsp3) is 0.273. The molecule has 0 bridgehead atoms. The van der Waals surface area contributed by atoms with Crippen LogP contribution < -0.4 is 5.32 Å². The summed E-state index contributed by atoms with van der Waals surface area (Å²) in [6, 6.07) is 1.74. The summed E-state index contributed by atoms with van der Waals surface area (Å²) in [5, 5.41) is 6.96. The Hall–Kier alpha value is -1.56. The van der Waals surface area contributed by atoms with Crippen LogP contribution in [-0.2, 0) is 13.6 Å². The molecular formula is C11H13BrN4O. The lowest BCUT2D eigenvalue weighted by atomic mass is 10.2. The van der Waals surface area contributed by atoms with Gasteiger partial charge >= 0.3 is 0 Å². The van der Waals surface area contributed by atoms with E-state index in [0.29, 0.717) is 12.2 Å². The van der Waals surface area contributed by atoms with E-state index in [0.717, 1.165) is 15.7 Å². The van der Waals surface area contributed by atoms with Crippen molar-refractivity contribution >= 4 is 21.8 Å². The first-order valence-electron chi connectivity index (χ1n) is 5.17. The van der Waals surface area contributed by atoms with Crippen LogP contribution in [-0.4, -0.2) is 20.7 Å². The van der Waals surface area contributed by atoms with Gasteiger partial charge in [-0.15, -0.1) is 0 Å². The first-order valence-corrected chi connectivity index (χ1v) is 5.97. The normalized spacial score (nSPS) is 10.5. The number of amides is 1. The number of nitrogens with one attached hydrogen (secondary N) is 2. The lowest BCUT2D eigenvalue weighted by Crippen LogP contribution is -2.23. The molecule has 0 saturated carbocycles. The zero-order valence-electron chi connectivity index (χ0n) is 9.62. The van der Waals surface area contributed by atoms with Gasteiger partial charge in [-0.1, -0.05) is 0 Å². The van der Waals surface area contributed by atoms with Crippen molar-refractivity contribution in [2.45, 2.75) is 13.5 Å². The molecule has 0 spiro atoms. The zero-order chi connectivity index (χ0) is 12.4. The Kier molecular flexibility index (Phi) is 3.33. The van der Waals surface area contributed by atoms with Gasteiger partial charge in [0.15, 0.2) is 0 Å². The van der Waals surface area contributed by atoms with Crippen molar-refractivity contribution in [3.05, 3.63) is 39.9 Å².